The zero-order valence-electron chi connectivity index (χ0n) is 9.61. The normalized spacial score (nSPS) is 11.3. The molecule has 0 fully saturated rings. The summed E-state index contributed by atoms with van der Waals surface area (Å²) in [5.74, 6) is -0.494. The lowest BCUT2D eigenvalue weighted by Gasteiger charge is -2.10. The highest BCUT2D eigenvalue weighted by Crippen LogP contribution is 2.17. The highest BCUT2D eigenvalue weighted by molar-refractivity contribution is 5.89. The van der Waals surface area contributed by atoms with Crippen LogP contribution >= 0.6 is 0 Å². The number of rotatable bonds is 3. The molecule has 0 aliphatic rings. The molecule has 0 aliphatic heterocycles. The molecule has 0 unspecified atom stereocenters. The van der Waals surface area contributed by atoms with Crippen LogP contribution in [0.3, 0.4) is 0 Å². The van der Waals surface area contributed by atoms with Crippen LogP contribution in [-0.2, 0) is 4.74 Å². The van der Waals surface area contributed by atoms with Crippen LogP contribution in [0.5, 0.6) is 0 Å². The van der Waals surface area contributed by atoms with Gasteiger partial charge in [0, 0.05) is 5.56 Å². The Hall–Kier alpha value is -2.60. The third kappa shape index (κ3) is 2.74. The second kappa shape index (κ2) is 5.65. The smallest absolute Gasteiger partial charge is 0.339 e. The van der Waals surface area contributed by atoms with Crippen molar-refractivity contribution in [3.63, 3.8) is 0 Å². The Morgan fingerprint density at radius 3 is 2.11 bits per heavy atom. The molecule has 2 rings (SSSR count). The van der Waals surface area contributed by atoms with E-state index in [2.05, 4.69) is 0 Å². The standard InChI is InChI=1S/C15H11NO2/c16-11-14(12-7-3-1-4-8-12)18-15(17)13-9-5-2-6-10-13/h1-10,14H/t14-/m0/s1. The second-order valence-electron chi connectivity index (χ2n) is 3.69. The number of carbonyl (C=O) groups excluding carboxylic acids is 1. The summed E-state index contributed by atoms with van der Waals surface area (Å²) in [6.45, 7) is 0. The van der Waals surface area contributed by atoms with Crippen molar-refractivity contribution in [2.75, 3.05) is 0 Å². The molecule has 2 aromatic rings. The minimum Gasteiger partial charge on any atom is -0.438 e. The van der Waals surface area contributed by atoms with Gasteiger partial charge in [0.2, 0.25) is 6.10 Å². The van der Waals surface area contributed by atoms with Crippen LogP contribution < -0.4 is 0 Å². The van der Waals surface area contributed by atoms with Crippen LogP contribution in [0, 0.1) is 11.3 Å². The lowest BCUT2D eigenvalue weighted by Crippen LogP contribution is -2.10. The van der Waals surface area contributed by atoms with Crippen LogP contribution in [0.2, 0.25) is 0 Å². The monoisotopic (exact) mass is 237 g/mol. The fraction of sp³-hybridized carbons (Fsp3) is 0.0667. The Bertz CT molecular complexity index is 558. The highest BCUT2D eigenvalue weighted by Gasteiger charge is 2.16. The van der Waals surface area contributed by atoms with Gasteiger partial charge in [-0.1, -0.05) is 48.5 Å². The van der Waals surface area contributed by atoms with E-state index in [0.29, 0.717) is 11.1 Å². The summed E-state index contributed by atoms with van der Waals surface area (Å²) < 4.78 is 5.17. The number of nitrogens with zero attached hydrogens (tertiary/aromatic N) is 1. The molecule has 3 heteroatoms. The van der Waals surface area contributed by atoms with Crippen molar-refractivity contribution in [3.8, 4) is 6.07 Å². The molecular weight excluding hydrogens is 226 g/mol. The van der Waals surface area contributed by atoms with Crippen molar-refractivity contribution in [3.05, 3.63) is 71.8 Å². The maximum absolute atomic E-state index is 11.8. The molecule has 0 bridgehead atoms. The Morgan fingerprint density at radius 1 is 1.00 bits per heavy atom. The van der Waals surface area contributed by atoms with Gasteiger partial charge in [0.25, 0.3) is 0 Å². The SMILES string of the molecule is N#C[C@H](OC(=O)c1ccccc1)c1ccccc1. The van der Waals surface area contributed by atoms with Crippen molar-refractivity contribution >= 4 is 5.97 Å². The van der Waals surface area contributed by atoms with Gasteiger partial charge in [-0.25, -0.2) is 4.79 Å². The van der Waals surface area contributed by atoms with Crippen LogP contribution in [0.1, 0.15) is 22.0 Å². The molecule has 0 amide bonds. The van der Waals surface area contributed by atoms with E-state index in [4.69, 9.17) is 10.00 Å². The van der Waals surface area contributed by atoms with Crippen molar-refractivity contribution in [2.24, 2.45) is 0 Å². The summed E-state index contributed by atoms with van der Waals surface area (Å²) >= 11 is 0. The lowest BCUT2D eigenvalue weighted by atomic mass is 10.1. The molecule has 0 radical (unpaired) electrons. The molecule has 2 aromatic carbocycles. The first kappa shape index (κ1) is 11.9. The number of benzene rings is 2. The Kier molecular flexibility index (Phi) is 3.72. The Balaban J connectivity index is 2.14. The average molecular weight is 237 g/mol. The van der Waals surface area contributed by atoms with Gasteiger partial charge in [-0.15, -0.1) is 0 Å². The molecule has 0 aromatic heterocycles. The average Bonchev–Trinajstić information content (AvgIpc) is 2.46. The molecule has 0 aliphatic carbocycles. The number of nitriles is 1. The van der Waals surface area contributed by atoms with Gasteiger partial charge < -0.3 is 4.74 Å². The number of esters is 1. The molecule has 0 saturated heterocycles. The molecule has 3 nitrogen and oxygen atoms in total. The second-order valence-corrected chi connectivity index (χ2v) is 3.69. The van der Waals surface area contributed by atoms with Crippen LogP contribution in [0.15, 0.2) is 60.7 Å². The first-order valence-electron chi connectivity index (χ1n) is 5.52. The maximum Gasteiger partial charge on any atom is 0.339 e. The molecular formula is C15H11NO2. The topological polar surface area (TPSA) is 50.1 Å². The minimum absolute atomic E-state index is 0.439. The summed E-state index contributed by atoms with van der Waals surface area (Å²) in [6.07, 6.45) is -0.876. The first-order valence-corrected chi connectivity index (χ1v) is 5.52. The maximum atomic E-state index is 11.8. The van der Waals surface area contributed by atoms with E-state index in [1.807, 2.05) is 18.2 Å². The largest absolute Gasteiger partial charge is 0.438 e. The van der Waals surface area contributed by atoms with Crippen LogP contribution in [0.25, 0.3) is 0 Å². The molecule has 0 spiro atoms. The minimum atomic E-state index is -0.876. The molecule has 0 heterocycles. The number of hydrogen-bond acceptors (Lipinski definition) is 3. The van der Waals surface area contributed by atoms with E-state index in [0.717, 1.165) is 0 Å². The molecule has 18 heavy (non-hydrogen) atoms. The Labute approximate surface area is 105 Å². The first-order chi connectivity index (χ1) is 8.81. The van der Waals surface area contributed by atoms with Gasteiger partial charge in [0.1, 0.15) is 6.07 Å². The number of hydrogen-bond donors (Lipinski definition) is 0. The van der Waals surface area contributed by atoms with Crippen molar-refractivity contribution in [2.45, 2.75) is 6.10 Å². The summed E-state index contributed by atoms with van der Waals surface area (Å²) in [5.41, 5.74) is 1.11. The van der Waals surface area contributed by atoms with Crippen molar-refractivity contribution < 1.29 is 9.53 Å². The molecule has 0 saturated carbocycles. The molecule has 1 atom stereocenters. The Morgan fingerprint density at radius 2 is 1.56 bits per heavy atom. The van der Waals surface area contributed by atoms with E-state index >= 15 is 0 Å². The highest BCUT2D eigenvalue weighted by atomic mass is 16.5. The van der Waals surface area contributed by atoms with Gasteiger partial charge in [0.15, 0.2) is 0 Å². The van der Waals surface area contributed by atoms with Crippen LogP contribution in [-0.4, -0.2) is 5.97 Å². The van der Waals surface area contributed by atoms with Crippen molar-refractivity contribution in [1.29, 1.82) is 5.26 Å². The fourth-order valence-corrected chi connectivity index (χ4v) is 1.55. The van der Waals surface area contributed by atoms with Gasteiger partial charge >= 0.3 is 5.97 Å². The van der Waals surface area contributed by atoms with E-state index < -0.39 is 12.1 Å². The zero-order valence-corrected chi connectivity index (χ0v) is 9.61. The van der Waals surface area contributed by atoms with Gasteiger partial charge in [-0.05, 0) is 12.1 Å². The fourth-order valence-electron chi connectivity index (χ4n) is 1.55. The molecule has 88 valence electrons. The predicted molar refractivity (Wildman–Crippen MR) is 66.7 cm³/mol. The van der Waals surface area contributed by atoms with Gasteiger partial charge in [-0.3, -0.25) is 0 Å². The van der Waals surface area contributed by atoms with E-state index in [1.165, 1.54) is 0 Å². The third-order valence-corrected chi connectivity index (χ3v) is 2.45. The van der Waals surface area contributed by atoms with E-state index in [9.17, 15) is 4.79 Å². The van der Waals surface area contributed by atoms with E-state index in [-0.39, 0.29) is 0 Å². The third-order valence-electron chi connectivity index (χ3n) is 2.45. The quantitative estimate of drug-likeness (QED) is 0.770. The summed E-state index contributed by atoms with van der Waals surface area (Å²) in [6, 6.07) is 19.6. The van der Waals surface area contributed by atoms with Crippen LogP contribution in [0.4, 0.5) is 0 Å². The number of ether oxygens (including phenoxy) is 1. The number of carbonyl (C=O) groups is 1. The van der Waals surface area contributed by atoms with Gasteiger partial charge in [0.05, 0.1) is 5.56 Å². The summed E-state index contributed by atoms with van der Waals surface area (Å²) in [7, 11) is 0. The van der Waals surface area contributed by atoms with Crippen molar-refractivity contribution in [1.82, 2.24) is 0 Å². The lowest BCUT2D eigenvalue weighted by molar-refractivity contribution is 0.0404. The molecule has 0 N–H and O–H groups in total. The predicted octanol–water partition coefficient (Wildman–Crippen LogP) is 3.11. The zero-order chi connectivity index (χ0) is 12.8. The van der Waals surface area contributed by atoms with E-state index in [1.54, 1.807) is 48.5 Å². The summed E-state index contributed by atoms with van der Waals surface area (Å²) in [5, 5.41) is 9.05. The summed E-state index contributed by atoms with van der Waals surface area (Å²) in [4.78, 5) is 11.8. The van der Waals surface area contributed by atoms with Gasteiger partial charge in [-0.2, -0.15) is 5.26 Å².